The van der Waals surface area contributed by atoms with Crippen LogP contribution in [0.5, 0.6) is 0 Å². The molecule has 1 atom stereocenters. The van der Waals surface area contributed by atoms with E-state index in [-0.39, 0.29) is 11.9 Å². The number of imidazole rings is 1. The van der Waals surface area contributed by atoms with Crippen molar-refractivity contribution in [1.82, 2.24) is 19.4 Å². The molecule has 0 aliphatic carbocycles. The Morgan fingerprint density at radius 2 is 2.15 bits per heavy atom. The van der Waals surface area contributed by atoms with Crippen molar-refractivity contribution in [1.29, 1.82) is 0 Å². The second kappa shape index (κ2) is 7.62. The minimum atomic E-state index is -0.118. The molecule has 0 radical (unpaired) electrons. The number of benzene rings is 1. The normalized spacial score (nSPS) is 17.3. The van der Waals surface area contributed by atoms with Gasteiger partial charge in [0.25, 0.3) is 5.91 Å². The van der Waals surface area contributed by atoms with Crippen LogP contribution in [0.2, 0.25) is 0 Å². The first-order chi connectivity index (χ1) is 13.1. The molecule has 3 aromatic rings. The maximum absolute atomic E-state index is 12.4. The van der Waals surface area contributed by atoms with Crippen LogP contribution in [0.25, 0.3) is 0 Å². The van der Waals surface area contributed by atoms with Gasteiger partial charge in [-0.15, -0.1) is 11.3 Å². The Kier molecular flexibility index (Phi) is 5.05. The highest BCUT2D eigenvalue weighted by Gasteiger charge is 2.28. The zero-order valence-corrected chi connectivity index (χ0v) is 16.4. The third kappa shape index (κ3) is 4.09. The van der Waals surface area contributed by atoms with E-state index in [9.17, 15) is 4.79 Å². The lowest BCUT2D eigenvalue weighted by Gasteiger charge is -2.21. The molecule has 1 saturated heterocycles. The topological polar surface area (TPSA) is 63.1 Å². The van der Waals surface area contributed by atoms with Crippen LogP contribution < -0.4 is 5.32 Å². The molecular formula is C20H23N5OS. The number of nitrogens with one attached hydrogen (secondary N) is 1. The molecule has 1 fully saturated rings. The number of aryl methyl sites for hydroxylation is 2. The fraction of sp³-hybridized carbons (Fsp3) is 0.350. The summed E-state index contributed by atoms with van der Waals surface area (Å²) < 4.78 is 1.97. The molecule has 0 bridgehead atoms. The Morgan fingerprint density at radius 3 is 2.89 bits per heavy atom. The molecule has 3 heterocycles. The molecular weight excluding hydrogens is 358 g/mol. The number of hydrogen-bond donors (Lipinski definition) is 1. The number of carbonyl (C=O) groups excluding carboxylic acids is 1. The largest absolute Gasteiger partial charge is 0.340 e. The quantitative estimate of drug-likeness (QED) is 0.731. The summed E-state index contributed by atoms with van der Waals surface area (Å²) in [5.41, 5.74) is 3.90. The van der Waals surface area contributed by atoms with Crippen molar-refractivity contribution in [2.24, 2.45) is 7.05 Å². The van der Waals surface area contributed by atoms with Gasteiger partial charge >= 0.3 is 0 Å². The molecule has 7 heteroatoms. The van der Waals surface area contributed by atoms with Crippen molar-refractivity contribution < 1.29 is 4.79 Å². The molecule has 1 N–H and O–H groups in total. The summed E-state index contributed by atoms with van der Waals surface area (Å²) in [4.78, 5) is 23.9. The maximum atomic E-state index is 12.4. The minimum absolute atomic E-state index is 0.118. The van der Waals surface area contributed by atoms with Crippen LogP contribution in [0, 0.1) is 6.92 Å². The first-order valence-corrected chi connectivity index (χ1v) is 10.0. The summed E-state index contributed by atoms with van der Waals surface area (Å²) >= 11 is 1.49. The van der Waals surface area contributed by atoms with E-state index in [1.807, 2.05) is 49.1 Å². The molecule has 4 rings (SSSR count). The van der Waals surface area contributed by atoms with Gasteiger partial charge in [-0.3, -0.25) is 15.0 Å². The number of anilines is 1. The van der Waals surface area contributed by atoms with Gasteiger partial charge in [0.15, 0.2) is 5.13 Å². The monoisotopic (exact) mass is 381 g/mol. The van der Waals surface area contributed by atoms with Gasteiger partial charge in [0.05, 0.1) is 23.8 Å². The third-order valence-corrected chi connectivity index (χ3v) is 5.66. The minimum Gasteiger partial charge on any atom is -0.340 e. The highest BCUT2D eigenvalue weighted by Crippen LogP contribution is 2.34. The lowest BCUT2D eigenvalue weighted by molar-refractivity contribution is 0.102. The van der Waals surface area contributed by atoms with Crippen molar-refractivity contribution in [3.63, 3.8) is 0 Å². The van der Waals surface area contributed by atoms with E-state index in [1.165, 1.54) is 11.3 Å². The standard InChI is InChI=1S/C20H23N5OS/c1-14-5-7-15(8-6-14)19(26)23-20-22-17(12-27-20)18-4-3-9-25(18)11-16-10-24(2)13-21-16/h5-8,10,12-13,18H,3-4,9,11H2,1-2H3,(H,22,23,26)/t18-/m1/s1. The molecule has 1 aromatic carbocycles. The van der Waals surface area contributed by atoms with Crippen LogP contribution in [-0.2, 0) is 13.6 Å². The summed E-state index contributed by atoms with van der Waals surface area (Å²) in [6.07, 6.45) is 6.13. The van der Waals surface area contributed by atoms with Gasteiger partial charge in [-0.1, -0.05) is 17.7 Å². The molecule has 0 saturated carbocycles. The Balaban J connectivity index is 1.43. The molecule has 1 aliphatic heterocycles. The Bertz CT molecular complexity index is 930. The summed E-state index contributed by atoms with van der Waals surface area (Å²) in [5, 5.41) is 5.64. The van der Waals surface area contributed by atoms with E-state index in [0.717, 1.165) is 42.9 Å². The fourth-order valence-corrected chi connectivity index (χ4v) is 4.23. The number of hydrogen-bond acceptors (Lipinski definition) is 5. The number of thiazole rings is 1. The Hall–Kier alpha value is -2.51. The second-order valence-electron chi connectivity index (χ2n) is 7.06. The highest BCUT2D eigenvalue weighted by atomic mass is 32.1. The van der Waals surface area contributed by atoms with Crippen LogP contribution in [0.4, 0.5) is 5.13 Å². The smallest absolute Gasteiger partial charge is 0.257 e. The highest BCUT2D eigenvalue weighted by molar-refractivity contribution is 7.14. The number of rotatable bonds is 5. The van der Waals surface area contributed by atoms with Gasteiger partial charge in [0.2, 0.25) is 0 Å². The lowest BCUT2D eigenvalue weighted by atomic mass is 10.1. The number of carbonyl (C=O) groups is 1. The average molecular weight is 382 g/mol. The van der Waals surface area contributed by atoms with E-state index in [4.69, 9.17) is 4.98 Å². The number of aromatic nitrogens is 3. The van der Waals surface area contributed by atoms with E-state index >= 15 is 0 Å². The first kappa shape index (κ1) is 17.9. The average Bonchev–Trinajstić information content (AvgIpc) is 3.37. The molecule has 1 aliphatic rings. The Morgan fingerprint density at radius 1 is 1.33 bits per heavy atom. The zero-order valence-electron chi connectivity index (χ0n) is 15.6. The predicted molar refractivity (Wildman–Crippen MR) is 107 cm³/mol. The fourth-order valence-electron chi connectivity index (χ4n) is 3.48. The first-order valence-electron chi connectivity index (χ1n) is 9.13. The number of likely N-dealkylation sites (tertiary alicyclic amines) is 1. The van der Waals surface area contributed by atoms with Crippen molar-refractivity contribution in [2.75, 3.05) is 11.9 Å². The van der Waals surface area contributed by atoms with Crippen LogP contribution in [0.15, 0.2) is 42.2 Å². The maximum Gasteiger partial charge on any atom is 0.257 e. The van der Waals surface area contributed by atoms with Crippen molar-refractivity contribution in [2.45, 2.75) is 32.4 Å². The van der Waals surface area contributed by atoms with E-state index < -0.39 is 0 Å². The Labute approximate surface area is 162 Å². The number of amides is 1. The molecule has 0 spiro atoms. The molecule has 27 heavy (non-hydrogen) atoms. The summed E-state index contributed by atoms with van der Waals surface area (Å²) in [6, 6.07) is 7.84. The van der Waals surface area contributed by atoms with Crippen LogP contribution >= 0.6 is 11.3 Å². The summed E-state index contributed by atoms with van der Waals surface area (Å²) in [6.45, 7) is 3.88. The second-order valence-corrected chi connectivity index (χ2v) is 7.91. The van der Waals surface area contributed by atoms with Crippen LogP contribution in [0.3, 0.4) is 0 Å². The summed E-state index contributed by atoms with van der Waals surface area (Å²) in [5.74, 6) is -0.118. The van der Waals surface area contributed by atoms with E-state index in [1.54, 1.807) is 0 Å². The van der Waals surface area contributed by atoms with E-state index in [2.05, 4.69) is 26.8 Å². The summed E-state index contributed by atoms with van der Waals surface area (Å²) in [7, 11) is 1.99. The third-order valence-electron chi connectivity index (χ3n) is 4.88. The molecule has 6 nitrogen and oxygen atoms in total. The van der Waals surface area contributed by atoms with Crippen LogP contribution in [0.1, 0.15) is 46.2 Å². The SMILES string of the molecule is Cc1ccc(C(=O)Nc2nc([C@H]3CCCN3Cc3cn(C)cn3)cs2)cc1. The molecule has 140 valence electrons. The van der Waals surface area contributed by atoms with Crippen molar-refractivity contribution >= 4 is 22.4 Å². The molecule has 1 amide bonds. The molecule has 2 aromatic heterocycles. The van der Waals surface area contributed by atoms with Gasteiger partial charge in [0.1, 0.15) is 0 Å². The van der Waals surface area contributed by atoms with Crippen molar-refractivity contribution in [3.8, 4) is 0 Å². The van der Waals surface area contributed by atoms with Gasteiger partial charge in [-0.25, -0.2) is 9.97 Å². The van der Waals surface area contributed by atoms with Gasteiger partial charge in [-0.2, -0.15) is 0 Å². The zero-order chi connectivity index (χ0) is 18.8. The van der Waals surface area contributed by atoms with E-state index in [0.29, 0.717) is 10.7 Å². The van der Waals surface area contributed by atoms with Gasteiger partial charge in [-0.05, 0) is 38.4 Å². The lowest BCUT2D eigenvalue weighted by Crippen LogP contribution is -2.23. The van der Waals surface area contributed by atoms with Gasteiger partial charge in [0, 0.05) is 30.7 Å². The number of nitrogens with zero attached hydrogens (tertiary/aromatic N) is 4. The van der Waals surface area contributed by atoms with Gasteiger partial charge < -0.3 is 4.57 Å². The molecule has 0 unspecified atom stereocenters. The van der Waals surface area contributed by atoms with Crippen LogP contribution in [-0.4, -0.2) is 31.9 Å². The predicted octanol–water partition coefficient (Wildman–Crippen LogP) is 3.77. The van der Waals surface area contributed by atoms with Crippen molar-refractivity contribution in [3.05, 3.63) is 64.7 Å².